The molecule has 2 aromatic rings. The van der Waals surface area contributed by atoms with Gasteiger partial charge in [-0.2, -0.15) is 11.8 Å². The van der Waals surface area contributed by atoms with Crippen molar-refractivity contribution in [1.29, 1.82) is 0 Å². The van der Waals surface area contributed by atoms with Crippen LogP contribution >= 0.6 is 11.8 Å². The standard InChI is InChI=1S/C14H14OS/c15-12-8-7-10-4-1-2-5-11(10)14(12)13-6-3-9-16-13/h1-2,4-5,7-8,13,15H,3,6,9H2. The van der Waals surface area contributed by atoms with E-state index in [4.69, 9.17) is 0 Å². The van der Waals surface area contributed by atoms with Gasteiger partial charge in [-0.25, -0.2) is 0 Å². The maximum absolute atomic E-state index is 10.1. The summed E-state index contributed by atoms with van der Waals surface area (Å²) in [5.74, 6) is 1.67. The Balaban J connectivity index is 2.23. The van der Waals surface area contributed by atoms with Crippen LogP contribution in [0.15, 0.2) is 36.4 Å². The van der Waals surface area contributed by atoms with Crippen molar-refractivity contribution in [3.8, 4) is 5.75 Å². The molecule has 1 atom stereocenters. The number of thioether (sulfide) groups is 1. The molecule has 1 nitrogen and oxygen atoms in total. The first kappa shape index (κ1) is 10.0. The van der Waals surface area contributed by atoms with Crippen molar-refractivity contribution < 1.29 is 5.11 Å². The minimum absolute atomic E-state index is 0.457. The highest BCUT2D eigenvalue weighted by Gasteiger charge is 2.22. The number of fused-ring (bicyclic) bond motifs is 1. The van der Waals surface area contributed by atoms with Crippen LogP contribution in [0.25, 0.3) is 10.8 Å². The van der Waals surface area contributed by atoms with Crippen molar-refractivity contribution in [2.45, 2.75) is 18.1 Å². The van der Waals surface area contributed by atoms with E-state index in [1.54, 1.807) is 0 Å². The Morgan fingerprint density at radius 1 is 1.12 bits per heavy atom. The molecule has 0 radical (unpaired) electrons. The summed E-state index contributed by atoms with van der Waals surface area (Å²) in [7, 11) is 0. The third-order valence-corrected chi connectivity index (χ3v) is 4.60. The minimum atomic E-state index is 0.457. The highest BCUT2D eigenvalue weighted by Crippen LogP contribution is 2.46. The molecule has 0 amide bonds. The zero-order valence-corrected chi connectivity index (χ0v) is 9.83. The van der Waals surface area contributed by atoms with E-state index in [1.165, 1.54) is 29.4 Å². The Morgan fingerprint density at radius 2 is 2.00 bits per heavy atom. The molecule has 1 fully saturated rings. The van der Waals surface area contributed by atoms with Crippen LogP contribution in [0.5, 0.6) is 5.75 Å². The van der Waals surface area contributed by atoms with Crippen molar-refractivity contribution in [3.05, 3.63) is 42.0 Å². The highest BCUT2D eigenvalue weighted by molar-refractivity contribution is 7.99. The Hall–Kier alpha value is -1.15. The summed E-state index contributed by atoms with van der Waals surface area (Å²) in [5.41, 5.74) is 1.14. The van der Waals surface area contributed by atoms with E-state index in [1.807, 2.05) is 36.0 Å². The molecule has 2 heteroatoms. The second kappa shape index (κ2) is 4.02. The number of hydrogen-bond acceptors (Lipinski definition) is 2. The number of hydrogen-bond donors (Lipinski definition) is 1. The normalized spacial score (nSPS) is 20.4. The molecule has 1 aliphatic rings. The largest absolute Gasteiger partial charge is 0.508 e. The Kier molecular flexibility index (Phi) is 2.52. The molecule has 0 spiro atoms. The van der Waals surface area contributed by atoms with Crippen molar-refractivity contribution in [2.24, 2.45) is 0 Å². The van der Waals surface area contributed by atoms with Crippen LogP contribution < -0.4 is 0 Å². The van der Waals surface area contributed by atoms with Crippen LogP contribution in [0.4, 0.5) is 0 Å². The van der Waals surface area contributed by atoms with Gasteiger partial charge in [0, 0.05) is 10.8 Å². The highest BCUT2D eigenvalue weighted by atomic mass is 32.2. The van der Waals surface area contributed by atoms with Gasteiger partial charge in [0.2, 0.25) is 0 Å². The van der Waals surface area contributed by atoms with Crippen LogP contribution in [-0.4, -0.2) is 10.9 Å². The van der Waals surface area contributed by atoms with Gasteiger partial charge < -0.3 is 5.11 Å². The van der Waals surface area contributed by atoms with Crippen molar-refractivity contribution in [1.82, 2.24) is 0 Å². The number of aromatic hydroxyl groups is 1. The van der Waals surface area contributed by atoms with Crippen molar-refractivity contribution >= 4 is 22.5 Å². The lowest BCUT2D eigenvalue weighted by molar-refractivity contribution is 0.468. The summed E-state index contributed by atoms with van der Waals surface area (Å²) in [5, 5.41) is 13.0. The predicted molar refractivity (Wildman–Crippen MR) is 70.0 cm³/mol. The average molecular weight is 230 g/mol. The lowest BCUT2D eigenvalue weighted by Crippen LogP contribution is -1.91. The SMILES string of the molecule is Oc1ccc2ccccc2c1C1CCCS1. The van der Waals surface area contributed by atoms with Gasteiger partial charge in [0.15, 0.2) is 0 Å². The lowest BCUT2D eigenvalue weighted by Gasteiger charge is -2.14. The fourth-order valence-corrected chi connectivity index (χ4v) is 3.79. The number of phenols is 1. The van der Waals surface area contributed by atoms with Crippen LogP contribution in [0, 0.1) is 0 Å². The van der Waals surface area contributed by atoms with Gasteiger partial charge in [-0.3, -0.25) is 0 Å². The van der Waals surface area contributed by atoms with E-state index in [-0.39, 0.29) is 0 Å². The molecular weight excluding hydrogens is 216 g/mol. The molecule has 1 N–H and O–H groups in total. The molecule has 1 unspecified atom stereocenters. The van der Waals surface area contributed by atoms with E-state index < -0.39 is 0 Å². The van der Waals surface area contributed by atoms with Crippen molar-refractivity contribution in [2.75, 3.05) is 5.75 Å². The van der Waals surface area contributed by atoms with Gasteiger partial charge in [-0.05, 0) is 35.4 Å². The maximum Gasteiger partial charge on any atom is 0.120 e. The van der Waals surface area contributed by atoms with Crippen LogP contribution in [0.2, 0.25) is 0 Å². The van der Waals surface area contributed by atoms with E-state index >= 15 is 0 Å². The fraction of sp³-hybridized carbons (Fsp3) is 0.286. The summed E-state index contributed by atoms with van der Waals surface area (Å²) in [6.07, 6.45) is 2.45. The molecule has 0 bridgehead atoms. The third kappa shape index (κ3) is 1.57. The summed E-state index contributed by atoms with van der Waals surface area (Å²) < 4.78 is 0. The minimum Gasteiger partial charge on any atom is -0.508 e. The summed E-state index contributed by atoms with van der Waals surface area (Å²) in [6.45, 7) is 0. The topological polar surface area (TPSA) is 20.2 Å². The predicted octanol–water partition coefficient (Wildman–Crippen LogP) is 4.11. The molecule has 3 rings (SSSR count). The third-order valence-electron chi connectivity index (χ3n) is 3.20. The second-order valence-electron chi connectivity index (χ2n) is 4.22. The van der Waals surface area contributed by atoms with E-state index in [2.05, 4.69) is 12.1 Å². The monoisotopic (exact) mass is 230 g/mol. The maximum atomic E-state index is 10.1. The van der Waals surface area contributed by atoms with Crippen LogP contribution in [0.3, 0.4) is 0 Å². The fourth-order valence-electron chi connectivity index (χ4n) is 2.43. The van der Waals surface area contributed by atoms with Gasteiger partial charge >= 0.3 is 0 Å². The Morgan fingerprint density at radius 3 is 2.81 bits per heavy atom. The molecule has 1 saturated heterocycles. The Bertz CT molecular complexity index is 515. The van der Waals surface area contributed by atoms with Crippen molar-refractivity contribution in [3.63, 3.8) is 0 Å². The van der Waals surface area contributed by atoms with E-state index in [0.717, 1.165) is 5.56 Å². The van der Waals surface area contributed by atoms with Gasteiger partial charge in [0.25, 0.3) is 0 Å². The quantitative estimate of drug-likeness (QED) is 0.795. The second-order valence-corrected chi connectivity index (χ2v) is 5.53. The van der Waals surface area contributed by atoms with E-state index in [0.29, 0.717) is 11.0 Å². The zero-order chi connectivity index (χ0) is 11.0. The summed E-state index contributed by atoms with van der Waals surface area (Å²) in [6, 6.07) is 12.1. The Labute approximate surface area is 99.5 Å². The molecule has 2 aromatic carbocycles. The number of benzene rings is 2. The smallest absolute Gasteiger partial charge is 0.120 e. The molecule has 0 aromatic heterocycles. The van der Waals surface area contributed by atoms with Gasteiger partial charge in [-0.1, -0.05) is 30.3 Å². The van der Waals surface area contributed by atoms with Gasteiger partial charge in [-0.15, -0.1) is 0 Å². The van der Waals surface area contributed by atoms with E-state index in [9.17, 15) is 5.11 Å². The average Bonchev–Trinajstić information content (AvgIpc) is 2.82. The number of rotatable bonds is 1. The van der Waals surface area contributed by atoms with Gasteiger partial charge in [0.1, 0.15) is 5.75 Å². The molecule has 0 saturated carbocycles. The first-order valence-corrected chi connectivity index (χ1v) is 6.73. The first-order chi connectivity index (χ1) is 7.86. The van der Waals surface area contributed by atoms with Crippen LogP contribution in [-0.2, 0) is 0 Å². The molecule has 1 aliphatic heterocycles. The first-order valence-electron chi connectivity index (χ1n) is 5.68. The molecule has 0 aliphatic carbocycles. The van der Waals surface area contributed by atoms with Crippen LogP contribution in [0.1, 0.15) is 23.7 Å². The molecular formula is C14H14OS. The lowest BCUT2D eigenvalue weighted by atomic mass is 9.99. The summed E-state index contributed by atoms with van der Waals surface area (Å²) in [4.78, 5) is 0. The molecule has 82 valence electrons. The number of phenolic OH excluding ortho intramolecular Hbond substituents is 1. The molecule has 1 heterocycles. The van der Waals surface area contributed by atoms with Gasteiger partial charge in [0.05, 0.1) is 0 Å². The molecule has 16 heavy (non-hydrogen) atoms. The summed E-state index contributed by atoms with van der Waals surface area (Å²) >= 11 is 1.96. The zero-order valence-electron chi connectivity index (χ0n) is 9.02.